The smallest absolute Gasteiger partial charge is 0.323 e. The van der Waals surface area contributed by atoms with E-state index in [1.807, 2.05) is 12.1 Å². The zero-order valence-corrected chi connectivity index (χ0v) is 15.8. The van der Waals surface area contributed by atoms with Crippen LogP contribution in [0.15, 0.2) is 34.9 Å². The van der Waals surface area contributed by atoms with E-state index in [1.54, 1.807) is 25.3 Å². The number of hydrogen-bond acceptors (Lipinski definition) is 5. The van der Waals surface area contributed by atoms with Crippen molar-refractivity contribution in [2.75, 3.05) is 6.54 Å². The van der Waals surface area contributed by atoms with Crippen molar-refractivity contribution in [2.45, 2.75) is 36.8 Å². The van der Waals surface area contributed by atoms with Crippen molar-refractivity contribution in [1.29, 1.82) is 0 Å². The molecule has 1 saturated carbocycles. The minimum absolute atomic E-state index is 0.0693. The highest BCUT2D eigenvalue weighted by atomic mass is 35.5. The minimum atomic E-state index is -0.984. The average Bonchev–Trinajstić information content (AvgIpc) is 3.35. The van der Waals surface area contributed by atoms with Gasteiger partial charge in [0.25, 0.3) is 0 Å². The van der Waals surface area contributed by atoms with E-state index in [-0.39, 0.29) is 23.7 Å². The van der Waals surface area contributed by atoms with Gasteiger partial charge in [-0.3, -0.25) is 9.59 Å². The molecule has 1 aromatic heterocycles. The molecule has 0 aliphatic heterocycles. The van der Waals surface area contributed by atoms with Crippen LogP contribution < -0.4 is 0 Å². The third kappa shape index (κ3) is 4.80. The van der Waals surface area contributed by atoms with Crippen molar-refractivity contribution in [1.82, 2.24) is 9.88 Å². The molecular weight excluding hydrogens is 376 g/mol. The van der Waals surface area contributed by atoms with Crippen LogP contribution >= 0.6 is 23.4 Å². The fourth-order valence-corrected chi connectivity index (χ4v) is 3.47. The van der Waals surface area contributed by atoms with E-state index in [0.717, 1.165) is 18.4 Å². The van der Waals surface area contributed by atoms with Gasteiger partial charge in [-0.05, 0) is 44.0 Å². The van der Waals surface area contributed by atoms with Crippen LogP contribution in [-0.4, -0.2) is 44.7 Å². The highest BCUT2D eigenvalue weighted by molar-refractivity contribution is 7.99. The Morgan fingerprint density at radius 3 is 2.69 bits per heavy atom. The lowest BCUT2D eigenvalue weighted by Gasteiger charge is -2.23. The summed E-state index contributed by atoms with van der Waals surface area (Å²) < 4.78 is 5.73. The standard InChI is InChI=1S/C18H19ClN2O4S/c1-11(18(24)21(9-17(22)23)14-6-7-14)26-10-16-20-8-15(25-16)12-2-4-13(19)5-3-12/h2-5,8,11,14H,6-7,9-10H2,1H3,(H,22,23). The second kappa shape index (κ2) is 8.14. The van der Waals surface area contributed by atoms with E-state index in [2.05, 4.69) is 4.98 Å². The molecule has 8 heteroatoms. The zero-order chi connectivity index (χ0) is 18.7. The first-order chi connectivity index (χ1) is 12.4. The molecule has 1 aliphatic rings. The largest absolute Gasteiger partial charge is 0.480 e. The summed E-state index contributed by atoms with van der Waals surface area (Å²) in [5.41, 5.74) is 0.878. The first-order valence-corrected chi connectivity index (χ1v) is 9.71. The maximum Gasteiger partial charge on any atom is 0.323 e. The maximum absolute atomic E-state index is 12.5. The summed E-state index contributed by atoms with van der Waals surface area (Å²) in [7, 11) is 0. The maximum atomic E-state index is 12.5. The average molecular weight is 395 g/mol. The molecule has 0 radical (unpaired) electrons. The summed E-state index contributed by atoms with van der Waals surface area (Å²) >= 11 is 7.27. The monoisotopic (exact) mass is 394 g/mol. The zero-order valence-electron chi connectivity index (χ0n) is 14.2. The number of benzene rings is 1. The second-order valence-electron chi connectivity index (χ2n) is 6.17. The van der Waals surface area contributed by atoms with E-state index in [4.69, 9.17) is 21.1 Å². The van der Waals surface area contributed by atoms with E-state index in [1.165, 1.54) is 16.7 Å². The van der Waals surface area contributed by atoms with E-state index in [0.29, 0.717) is 22.4 Å². The number of carboxylic acids is 1. The Hall–Kier alpha value is -1.99. The minimum Gasteiger partial charge on any atom is -0.480 e. The Morgan fingerprint density at radius 1 is 1.38 bits per heavy atom. The van der Waals surface area contributed by atoms with Crippen LogP contribution in [0.25, 0.3) is 11.3 Å². The second-order valence-corrected chi connectivity index (χ2v) is 7.93. The van der Waals surface area contributed by atoms with Gasteiger partial charge in [0, 0.05) is 16.6 Å². The molecule has 1 N–H and O–H groups in total. The molecule has 2 aromatic rings. The van der Waals surface area contributed by atoms with Crippen molar-refractivity contribution >= 4 is 35.2 Å². The highest BCUT2D eigenvalue weighted by Gasteiger charge is 2.35. The molecule has 1 unspecified atom stereocenters. The Kier molecular flexibility index (Phi) is 5.88. The number of carbonyl (C=O) groups excluding carboxylic acids is 1. The van der Waals surface area contributed by atoms with Crippen molar-refractivity contribution in [2.24, 2.45) is 0 Å². The summed E-state index contributed by atoms with van der Waals surface area (Å²) in [6.45, 7) is 1.54. The number of rotatable bonds is 8. The predicted octanol–water partition coefficient (Wildman–Crippen LogP) is 3.69. The third-order valence-corrected chi connectivity index (χ3v) is 5.43. The lowest BCUT2D eigenvalue weighted by Crippen LogP contribution is -2.41. The summed E-state index contributed by atoms with van der Waals surface area (Å²) in [5, 5.41) is 9.28. The van der Waals surface area contributed by atoms with Crippen molar-refractivity contribution in [3.63, 3.8) is 0 Å². The Balaban J connectivity index is 1.57. The van der Waals surface area contributed by atoms with Gasteiger partial charge in [-0.15, -0.1) is 11.8 Å². The number of aromatic nitrogens is 1. The molecule has 1 heterocycles. The SMILES string of the molecule is CC(SCc1ncc(-c2ccc(Cl)cc2)o1)C(=O)N(CC(=O)O)C1CC1. The number of carboxylic acid groups (broad SMARTS) is 1. The van der Waals surface area contributed by atoms with Gasteiger partial charge < -0.3 is 14.4 Å². The molecule has 1 amide bonds. The van der Waals surface area contributed by atoms with Crippen LogP contribution in [0.3, 0.4) is 0 Å². The molecule has 0 saturated heterocycles. The number of aliphatic carboxylic acids is 1. The van der Waals surface area contributed by atoms with Gasteiger partial charge in [0.1, 0.15) is 6.54 Å². The van der Waals surface area contributed by atoms with Gasteiger partial charge in [-0.1, -0.05) is 11.6 Å². The first kappa shape index (κ1) is 18.8. The molecule has 1 fully saturated rings. The number of nitrogens with zero attached hydrogens (tertiary/aromatic N) is 2. The number of amides is 1. The van der Waals surface area contributed by atoms with Crippen LogP contribution in [0.1, 0.15) is 25.7 Å². The highest BCUT2D eigenvalue weighted by Crippen LogP contribution is 2.30. The Morgan fingerprint density at radius 2 is 2.08 bits per heavy atom. The van der Waals surface area contributed by atoms with Crippen molar-refractivity contribution < 1.29 is 19.1 Å². The summed E-state index contributed by atoms with van der Waals surface area (Å²) in [6.07, 6.45) is 3.40. The van der Waals surface area contributed by atoms with E-state index < -0.39 is 5.97 Å². The topological polar surface area (TPSA) is 83.6 Å². The molecular formula is C18H19ClN2O4S. The predicted molar refractivity (Wildman–Crippen MR) is 100 cm³/mol. The van der Waals surface area contributed by atoms with Crippen LogP contribution in [-0.2, 0) is 15.3 Å². The Labute approximate surface area is 160 Å². The number of thioether (sulfide) groups is 1. The van der Waals surface area contributed by atoms with Crippen molar-refractivity contribution in [3.8, 4) is 11.3 Å². The molecule has 138 valence electrons. The third-order valence-electron chi connectivity index (χ3n) is 4.06. The lowest BCUT2D eigenvalue weighted by atomic mass is 10.2. The van der Waals surface area contributed by atoms with Crippen LogP contribution in [0.2, 0.25) is 5.02 Å². The normalized spacial score (nSPS) is 14.8. The molecule has 26 heavy (non-hydrogen) atoms. The molecule has 1 aliphatic carbocycles. The van der Waals surface area contributed by atoms with Gasteiger partial charge in [-0.2, -0.15) is 0 Å². The summed E-state index contributed by atoms with van der Waals surface area (Å²) in [4.78, 5) is 29.2. The molecule has 1 aromatic carbocycles. The van der Waals surface area contributed by atoms with Gasteiger partial charge in [-0.25, -0.2) is 4.98 Å². The van der Waals surface area contributed by atoms with Crippen molar-refractivity contribution in [3.05, 3.63) is 41.4 Å². The molecule has 6 nitrogen and oxygen atoms in total. The van der Waals surface area contributed by atoms with Gasteiger partial charge in [0.05, 0.1) is 17.2 Å². The Bertz CT molecular complexity index is 789. The molecule has 1 atom stereocenters. The first-order valence-electron chi connectivity index (χ1n) is 8.28. The molecule has 0 bridgehead atoms. The van der Waals surface area contributed by atoms with Crippen LogP contribution in [0.4, 0.5) is 0 Å². The van der Waals surface area contributed by atoms with E-state index >= 15 is 0 Å². The van der Waals surface area contributed by atoms with Gasteiger partial charge in [0.2, 0.25) is 11.8 Å². The fraction of sp³-hybridized carbons (Fsp3) is 0.389. The molecule has 3 rings (SSSR count). The van der Waals surface area contributed by atoms with Gasteiger partial charge >= 0.3 is 5.97 Å². The molecule has 0 spiro atoms. The lowest BCUT2D eigenvalue weighted by molar-refractivity contribution is -0.144. The number of carbonyl (C=O) groups is 2. The summed E-state index contributed by atoms with van der Waals surface area (Å²) in [6, 6.07) is 7.34. The fourth-order valence-electron chi connectivity index (χ4n) is 2.54. The van der Waals surface area contributed by atoms with Gasteiger partial charge in [0.15, 0.2) is 5.76 Å². The number of hydrogen-bond donors (Lipinski definition) is 1. The van der Waals surface area contributed by atoms with Crippen LogP contribution in [0, 0.1) is 0 Å². The van der Waals surface area contributed by atoms with Crippen LogP contribution in [0.5, 0.6) is 0 Å². The number of halogens is 1. The number of oxazole rings is 1. The van der Waals surface area contributed by atoms with E-state index in [9.17, 15) is 9.59 Å². The quantitative estimate of drug-likeness (QED) is 0.735. The summed E-state index contributed by atoms with van der Waals surface area (Å²) in [5.74, 6) is 0.469.